The minimum absolute atomic E-state index is 0.137. The molecule has 1 aromatic heterocycles. The van der Waals surface area contributed by atoms with E-state index in [9.17, 15) is 18.8 Å². The Bertz CT molecular complexity index is 893. The molecule has 25 heavy (non-hydrogen) atoms. The van der Waals surface area contributed by atoms with E-state index in [4.69, 9.17) is 5.11 Å². The van der Waals surface area contributed by atoms with Crippen molar-refractivity contribution < 1.29 is 19.1 Å². The molecule has 1 amide bonds. The summed E-state index contributed by atoms with van der Waals surface area (Å²) < 4.78 is 14.3. The molecular weight excluding hydrogens is 329 g/mol. The molecule has 2 heterocycles. The van der Waals surface area contributed by atoms with Crippen molar-refractivity contribution in [1.29, 1.82) is 0 Å². The Morgan fingerprint density at radius 1 is 1.32 bits per heavy atom. The lowest BCUT2D eigenvalue weighted by Gasteiger charge is -2.12. The first-order chi connectivity index (χ1) is 12.0. The van der Waals surface area contributed by atoms with E-state index in [2.05, 4.69) is 10.3 Å². The van der Waals surface area contributed by atoms with Crippen molar-refractivity contribution in [2.75, 3.05) is 6.67 Å². The monoisotopic (exact) mass is 347 g/mol. The van der Waals surface area contributed by atoms with Gasteiger partial charge < -0.3 is 10.4 Å². The fourth-order valence-corrected chi connectivity index (χ4v) is 2.97. The van der Waals surface area contributed by atoms with Crippen LogP contribution in [0.5, 0.6) is 0 Å². The second-order valence-electron chi connectivity index (χ2n) is 6.05. The Balaban J connectivity index is 1.98. The number of carbonyl (C=O) groups is 2. The van der Waals surface area contributed by atoms with Gasteiger partial charge in [0.15, 0.2) is 6.04 Å². The molecule has 132 valence electrons. The summed E-state index contributed by atoms with van der Waals surface area (Å²) in [6.07, 6.45) is 3.62. The van der Waals surface area contributed by atoms with E-state index in [-0.39, 0.29) is 11.1 Å². The van der Waals surface area contributed by atoms with Crippen molar-refractivity contribution in [2.45, 2.75) is 38.3 Å². The van der Waals surface area contributed by atoms with Crippen molar-refractivity contribution in [1.82, 2.24) is 14.9 Å². The maximum Gasteiger partial charge on any atom is 0.328 e. The van der Waals surface area contributed by atoms with Gasteiger partial charge in [0.05, 0.1) is 10.9 Å². The van der Waals surface area contributed by atoms with Crippen molar-refractivity contribution in [3.63, 3.8) is 0 Å². The van der Waals surface area contributed by atoms with Gasteiger partial charge in [-0.1, -0.05) is 6.42 Å². The third-order valence-electron chi connectivity index (χ3n) is 4.34. The summed E-state index contributed by atoms with van der Waals surface area (Å²) in [6.45, 7) is -0.572. The summed E-state index contributed by atoms with van der Waals surface area (Å²) in [6, 6.07) is 2.76. The number of hydrogen-bond acceptors (Lipinski definition) is 4. The summed E-state index contributed by atoms with van der Waals surface area (Å²) in [5.74, 6) is -1.47. The largest absolute Gasteiger partial charge is 0.480 e. The zero-order chi connectivity index (χ0) is 18.0. The van der Waals surface area contributed by atoms with Gasteiger partial charge in [0.2, 0.25) is 0 Å². The van der Waals surface area contributed by atoms with Gasteiger partial charge in [0.1, 0.15) is 12.5 Å². The van der Waals surface area contributed by atoms with Crippen molar-refractivity contribution in [2.24, 2.45) is 0 Å². The van der Waals surface area contributed by atoms with Crippen LogP contribution < -0.4 is 10.9 Å². The molecule has 8 heteroatoms. The minimum Gasteiger partial charge on any atom is -0.480 e. The summed E-state index contributed by atoms with van der Waals surface area (Å²) >= 11 is 0. The van der Waals surface area contributed by atoms with Gasteiger partial charge >= 0.3 is 5.97 Å². The molecule has 0 radical (unpaired) electrons. The van der Waals surface area contributed by atoms with Gasteiger partial charge in [0, 0.05) is 18.5 Å². The molecule has 1 atom stereocenters. The molecule has 2 N–H and O–H groups in total. The molecule has 7 nitrogen and oxygen atoms in total. The standard InChI is InChI=1S/C17H18FN3O4/c18-9-13(17(24)25)20-15(22)10-5-6-11-12(8-10)19-14-4-2-1-3-7-21(14)16(11)23/h5-6,8,13H,1-4,7,9H2,(H,20,22)(H,24,25). The van der Waals surface area contributed by atoms with Crippen molar-refractivity contribution >= 4 is 22.8 Å². The van der Waals surface area contributed by atoms with Crippen LogP contribution in [0, 0.1) is 0 Å². The van der Waals surface area contributed by atoms with Gasteiger partial charge in [-0.15, -0.1) is 0 Å². The Kier molecular flexibility index (Phi) is 4.78. The van der Waals surface area contributed by atoms with Crippen LogP contribution in [-0.4, -0.2) is 39.3 Å². The molecule has 1 aromatic carbocycles. The quantitative estimate of drug-likeness (QED) is 0.867. The molecule has 2 aromatic rings. The lowest BCUT2D eigenvalue weighted by atomic mass is 10.1. The topological polar surface area (TPSA) is 101 Å². The van der Waals surface area contributed by atoms with E-state index in [1.54, 1.807) is 4.57 Å². The average molecular weight is 347 g/mol. The number of nitrogens with one attached hydrogen (secondary N) is 1. The first kappa shape index (κ1) is 17.1. The smallest absolute Gasteiger partial charge is 0.328 e. The van der Waals surface area contributed by atoms with Gasteiger partial charge in [0.25, 0.3) is 11.5 Å². The predicted molar refractivity (Wildman–Crippen MR) is 88.4 cm³/mol. The van der Waals surface area contributed by atoms with Crippen LogP contribution in [0.1, 0.15) is 35.4 Å². The molecule has 0 aliphatic carbocycles. The van der Waals surface area contributed by atoms with E-state index in [0.717, 1.165) is 19.3 Å². The number of carboxylic acids is 1. The molecule has 0 fully saturated rings. The highest BCUT2D eigenvalue weighted by Gasteiger charge is 2.21. The second-order valence-corrected chi connectivity index (χ2v) is 6.05. The molecule has 1 aliphatic heterocycles. The third kappa shape index (κ3) is 3.38. The lowest BCUT2D eigenvalue weighted by Crippen LogP contribution is -2.42. The average Bonchev–Trinajstić information content (AvgIpc) is 2.84. The number of halogens is 1. The SMILES string of the molecule is O=C(NC(CF)C(=O)O)c1ccc2c(=O)n3c(nc2c1)CCCCC3. The highest BCUT2D eigenvalue weighted by molar-refractivity contribution is 5.99. The molecule has 0 spiro atoms. The van der Waals surface area contributed by atoms with Crippen molar-refractivity contribution in [3.05, 3.63) is 39.9 Å². The van der Waals surface area contributed by atoms with E-state index in [0.29, 0.717) is 29.7 Å². The summed E-state index contributed by atoms with van der Waals surface area (Å²) in [4.78, 5) is 40.1. The number of aryl methyl sites for hydroxylation is 1. The Labute approximate surface area is 142 Å². The van der Waals surface area contributed by atoms with Crippen LogP contribution in [0.15, 0.2) is 23.0 Å². The highest BCUT2D eigenvalue weighted by Crippen LogP contribution is 2.16. The first-order valence-corrected chi connectivity index (χ1v) is 8.14. The van der Waals surface area contributed by atoms with E-state index >= 15 is 0 Å². The molecular formula is C17H18FN3O4. The lowest BCUT2D eigenvalue weighted by molar-refractivity contribution is -0.139. The second kappa shape index (κ2) is 7.00. The zero-order valence-electron chi connectivity index (χ0n) is 13.5. The number of aromatic nitrogens is 2. The van der Waals surface area contributed by atoms with Gasteiger partial charge in [-0.05, 0) is 31.0 Å². The fourth-order valence-electron chi connectivity index (χ4n) is 2.97. The predicted octanol–water partition coefficient (Wildman–Crippen LogP) is 1.28. The molecule has 0 saturated carbocycles. The molecule has 1 unspecified atom stereocenters. The Morgan fingerprint density at radius 3 is 2.84 bits per heavy atom. The van der Waals surface area contributed by atoms with Gasteiger partial charge in [-0.3, -0.25) is 14.2 Å². The Morgan fingerprint density at radius 2 is 2.12 bits per heavy atom. The van der Waals surface area contributed by atoms with E-state index in [1.165, 1.54) is 18.2 Å². The number of amides is 1. The number of aliphatic carboxylic acids is 1. The summed E-state index contributed by atoms with van der Waals surface area (Å²) in [7, 11) is 0. The van der Waals surface area contributed by atoms with Crippen LogP contribution in [0.25, 0.3) is 10.9 Å². The third-order valence-corrected chi connectivity index (χ3v) is 4.34. The van der Waals surface area contributed by atoms with Gasteiger partial charge in [-0.25, -0.2) is 14.2 Å². The number of carbonyl (C=O) groups excluding carboxylic acids is 1. The molecule has 3 rings (SSSR count). The van der Waals surface area contributed by atoms with Crippen LogP contribution in [-0.2, 0) is 17.8 Å². The number of nitrogens with zero attached hydrogens (tertiary/aromatic N) is 2. The van der Waals surface area contributed by atoms with Crippen LogP contribution in [0.2, 0.25) is 0 Å². The highest BCUT2D eigenvalue weighted by atomic mass is 19.1. The number of benzene rings is 1. The molecule has 0 saturated heterocycles. The summed E-state index contributed by atoms with van der Waals surface area (Å²) in [5, 5.41) is 11.3. The maximum atomic E-state index is 12.7. The first-order valence-electron chi connectivity index (χ1n) is 8.14. The number of carboxylic acid groups (broad SMARTS) is 1. The van der Waals surface area contributed by atoms with Crippen LogP contribution >= 0.6 is 0 Å². The molecule has 1 aliphatic rings. The number of rotatable bonds is 4. The van der Waals surface area contributed by atoms with E-state index < -0.39 is 24.6 Å². The number of hydrogen-bond donors (Lipinski definition) is 2. The number of fused-ring (bicyclic) bond motifs is 2. The Hall–Kier alpha value is -2.77. The maximum absolute atomic E-state index is 12.7. The van der Waals surface area contributed by atoms with Crippen LogP contribution in [0.4, 0.5) is 4.39 Å². The fraction of sp³-hybridized carbons (Fsp3) is 0.412. The number of alkyl halides is 1. The minimum atomic E-state index is -1.60. The van der Waals surface area contributed by atoms with Crippen molar-refractivity contribution in [3.8, 4) is 0 Å². The zero-order valence-corrected chi connectivity index (χ0v) is 13.5. The summed E-state index contributed by atoms with van der Waals surface area (Å²) in [5.41, 5.74) is 0.386. The normalized spacial score (nSPS) is 15.2. The van der Waals surface area contributed by atoms with E-state index in [1.807, 2.05) is 0 Å². The van der Waals surface area contributed by atoms with Gasteiger partial charge in [-0.2, -0.15) is 0 Å². The van der Waals surface area contributed by atoms with Crippen LogP contribution in [0.3, 0.4) is 0 Å². The molecule has 0 bridgehead atoms.